The van der Waals surface area contributed by atoms with Crippen LogP contribution < -0.4 is 5.32 Å². The van der Waals surface area contributed by atoms with Crippen molar-refractivity contribution in [1.29, 1.82) is 0 Å². The molecule has 5 rings (SSSR count). The zero-order valence-electron chi connectivity index (χ0n) is 19.9. The van der Waals surface area contributed by atoms with Gasteiger partial charge < -0.3 is 10.1 Å². The van der Waals surface area contributed by atoms with Crippen LogP contribution in [0.25, 0.3) is 33.3 Å². The lowest BCUT2D eigenvalue weighted by Crippen LogP contribution is -2.44. The van der Waals surface area contributed by atoms with Crippen LogP contribution in [0.2, 0.25) is 0 Å². The maximum absolute atomic E-state index is 5.83. The van der Waals surface area contributed by atoms with Crippen molar-refractivity contribution < 1.29 is 4.74 Å². The van der Waals surface area contributed by atoms with Crippen LogP contribution in [-0.2, 0) is 4.74 Å². The van der Waals surface area contributed by atoms with Crippen LogP contribution in [0.1, 0.15) is 12.5 Å². The number of hydrogen-bond acceptors (Lipinski definition) is 7. The van der Waals surface area contributed by atoms with E-state index in [0.29, 0.717) is 12.5 Å². The average molecular weight is 468 g/mol. The van der Waals surface area contributed by atoms with Gasteiger partial charge in [0.25, 0.3) is 0 Å². The maximum atomic E-state index is 5.83. The minimum atomic E-state index is 0.513. The Balaban J connectivity index is 1.32. The lowest BCUT2D eigenvalue weighted by atomic mass is 10.0. The number of aliphatic imine (C=N–C) groups is 1. The number of benzene rings is 1. The highest BCUT2D eigenvalue weighted by molar-refractivity contribution is 5.97. The molecule has 4 aromatic rings. The Kier molecular flexibility index (Phi) is 6.92. The van der Waals surface area contributed by atoms with E-state index in [1.165, 1.54) is 0 Å². The molecule has 4 heterocycles. The number of nitrogens with zero attached hydrogens (tertiary/aromatic N) is 6. The molecule has 0 spiro atoms. The molecule has 8 heteroatoms. The third-order valence-corrected chi connectivity index (χ3v) is 6.25. The zero-order chi connectivity index (χ0) is 24.0. The van der Waals surface area contributed by atoms with Gasteiger partial charge in [-0.2, -0.15) is 5.10 Å². The summed E-state index contributed by atoms with van der Waals surface area (Å²) in [5, 5.41) is 9.01. The summed E-state index contributed by atoms with van der Waals surface area (Å²) in [5.74, 6) is 0.513. The fourth-order valence-electron chi connectivity index (χ4n) is 4.26. The summed E-state index contributed by atoms with van der Waals surface area (Å²) in [6, 6.07) is 10.1. The molecule has 1 aromatic carbocycles. The summed E-state index contributed by atoms with van der Waals surface area (Å²) < 4.78 is 7.64. The molecule has 1 saturated heterocycles. The number of rotatable bonds is 8. The van der Waals surface area contributed by atoms with Crippen molar-refractivity contribution in [2.45, 2.75) is 6.92 Å². The van der Waals surface area contributed by atoms with Gasteiger partial charge in [0.05, 0.1) is 11.7 Å². The van der Waals surface area contributed by atoms with Gasteiger partial charge in [-0.1, -0.05) is 24.3 Å². The normalized spacial score (nSPS) is 15.6. The van der Waals surface area contributed by atoms with Crippen LogP contribution in [0.15, 0.2) is 78.1 Å². The standard InChI is InChI=1S/C27H29N7O/c1-20(8-9-26(28-2)35-16-15-33-13-11-29-12-14-33)21-17-31-27-24(18-32-34(27)19-21)22-5-3-7-25-23(22)6-4-10-30-25/h3-10,17-19,29H,2,11-16H2,1H3/b20-8+,26-9+. The first-order chi connectivity index (χ1) is 17.2. The van der Waals surface area contributed by atoms with E-state index in [9.17, 15) is 0 Å². The molecule has 178 valence electrons. The SMILES string of the molecule is C=N/C(=C\C=C(/C)c1cnc2c(-c3cccc4ncccc34)cnn2c1)OCCN1CCNCC1. The number of aromatic nitrogens is 4. The first-order valence-electron chi connectivity index (χ1n) is 11.8. The minimum absolute atomic E-state index is 0.513. The summed E-state index contributed by atoms with van der Waals surface area (Å²) in [7, 11) is 0. The maximum Gasteiger partial charge on any atom is 0.212 e. The van der Waals surface area contributed by atoms with Gasteiger partial charge in [-0.3, -0.25) is 9.88 Å². The smallest absolute Gasteiger partial charge is 0.212 e. The zero-order valence-corrected chi connectivity index (χ0v) is 19.9. The quantitative estimate of drug-likeness (QED) is 0.241. The lowest BCUT2D eigenvalue weighted by Gasteiger charge is -2.26. The van der Waals surface area contributed by atoms with Gasteiger partial charge in [-0.25, -0.2) is 14.5 Å². The number of allylic oxidation sites excluding steroid dienone is 3. The van der Waals surface area contributed by atoms with E-state index >= 15 is 0 Å². The topological polar surface area (TPSA) is 79.9 Å². The number of piperazine rings is 1. The third-order valence-electron chi connectivity index (χ3n) is 6.25. The highest BCUT2D eigenvalue weighted by atomic mass is 16.5. The molecule has 0 atom stereocenters. The Bertz CT molecular complexity index is 1390. The molecule has 0 saturated carbocycles. The molecule has 35 heavy (non-hydrogen) atoms. The van der Waals surface area contributed by atoms with E-state index in [1.54, 1.807) is 6.20 Å². The third kappa shape index (κ3) is 5.13. The fourth-order valence-corrected chi connectivity index (χ4v) is 4.26. The summed E-state index contributed by atoms with van der Waals surface area (Å²) in [4.78, 5) is 15.6. The van der Waals surface area contributed by atoms with E-state index in [-0.39, 0.29) is 0 Å². The minimum Gasteiger partial charge on any atom is -0.476 e. The number of pyridine rings is 1. The van der Waals surface area contributed by atoms with Crippen LogP contribution in [0.4, 0.5) is 0 Å². The Labute approximate surface area is 204 Å². The molecule has 8 nitrogen and oxygen atoms in total. The molecule has 0 unspecified atom stereocenters. The molecule has 1 aliphatic heterocycles. The average Bonchev–Trinajstić information content (AvgIpc) is 3.34. The second kappa shape index (κ2) is 10.6. The van der Waals surface area contributed by atoms with Crippen molar-refractivity contribution in [3.8, 4) is 11.1 Å². The van der Waals surface area contributed by atoms with E-state index in [4.69, 9.17) is 9.72 Å². The molecule has 0 amide bonds. The Morgan fingerprint density at radius 3 is 2.86 bits per heavy atom. The summed E-state index contributed by atoms with van der Waals surface area (Å²) in [6.07, 6.45) is 11.3. The predicted octanol–water partition coefficient (Wildman–Crippen LogP) is 3.81. The van der Waals surface area contributed by atoms with E-state index in [2.05, 4.69) is 44.1 Å². The molecular formula is C27H29N7O. The van der Waals surface area contributed by atoms with Gasteiger partial charge in [-0.15, -0.1) is 0 Å². The monoisotopic (exact) mass is 467 g/mol. The lowest BCUT2D eigenvalue weighted by molar-refractivity contribution is 0.147. The molecule has 1 fully saturated rings. The molecular weight excluding hydrogens is 438 g/mol. The molecule has 3 aromatic heterocycles. The largest absolute Gasteiger partial charge is 0.476 e. The highest BCUT2D eigenvalue weighted by Crippen LogP contribution is 2.30. The molecule has 0 radical (unpaired) electrons. The van der Waals surface area contributed by atoms with Crippen molar-refractivity contribution in [1.82, 2.24) is 29.8 Å². The van der Waals surface area contributed by atoms with Gasteiger partial charge in [-0.05, 0) is 36.9 Å². The van der Waals surface area contributed by atoms with Crippen molar-refractivity contribution in [3.05, 3.63) is 78.7 Å². The van der Waals surface area contributed by atoms with Crippen molar-refractivity contribution in [3.63, 3.8) is 0 Å². The molecule has 0 bridgehead atoms. The number of hydrogen-bond donors (Lipinski definition) is 1. The van der Waals surface area contributed by atoms with Crippen molar-refractivity contribution in [2.75, 3.05) is 39.3 Å². The van der Waals surface area contributed by atoms with Gasteiger partial charge in [0.1, 0.15) is 6.61 Å². The molecule has 1 aliphatic rings. The number of nitrogens with one attached hydrogen (secondary N) is 1. The van der Waals surface area contributed by atoms with E-state index in [1.807, 2.05) is 60.4 Å². The Hall–Kier alpha value is -3.88. The van der Waals surface area contributed by atoms with Crippen molar-refractivity contribution in [2.24, 2.45) is 4.99 Å². The second-order valence-corrected chi connectivity index (χ2v) is 8.50. The summed E-state index contributed by atoms with van der Waals surface area (Å²) in [5.41, 5.74) is 5.80. The Morgan fingerprint density at radius 1 is 1.11 bits per heavy atom. The molecule has 0 aliphatic carbocycles. The van der Waals surface area contributed by atoms with E-state index < -0.39 is 0 Å². The van der Waals surface area contributed by atoms with Crippen molar-refractivity contribution >= 4 is 28.8 Å². The first-order valence-corrected chi connectivity index (χ1v) is 11.8. The number of ether oxygens (including phenoxy) is 1. The van der Waals surface area contributed by atoms with Crippen LogP contribution in [0.3, 0.4) is 0 Å². The first kappa shape index (κ1) is 22.9. The number of fused-ring (bicyclic) bond motifs is 2. The van der Waals surface area contributed by atoms with Gasteiger partial charge in [0.15, 0.2) is 5.65 Å². The van der Waals surface area contributed by atoms with Crippen LogP contribution >= 0.6 is 0 Å². The Morgan fingerprint density at radius 2 is 2.00 bits per heavy atom. The van der Waals surface area contributed by atoms with Crippen LogP contribution in [0, 0.1) is 0 Å². The highest BCUT2D eigenvalue weighted by Gasteiger charge is 2.12. The van der Waals surface area contributed by atoms with Gasteiger partial charge in [0.2, 0.25) is 5.88 Å². The summed E-state index contributed by atoms with van der Waals surface area (Å²) >= 11 is 0. The van der Waals surface area contributed by atoms with Gasteiger partial charge in [0, 0.05) is 73.9 Å². The second-order valence-electron chi connectivity index (χ2n) is 8.50. The van der Waals surface area contributed by atoms with Crippen LogP contribution in [0.5, 0.6) is 0 Å². The van der Waals surface area contributed by atoms with Gasteiger partial charge >= 0.3 is 0 Å². The fraction of sp³-hybridized carbons (Fsp3) is 0.259. The van der Waals surface area contributed by atoms with E-state index in [0.717, 1.165) is 71.5 Å². The van der Waals surface area contributed by atoms with Crippen LogP contribution in [-0.4, -0.2) is 70.5 Å². The molecule has 1 N–H and O–H groups in total. The predicted molar refractivity (Wildman–Crippen MR) is 140 cm³/mol. The summed E-state index contributed by atoms with van der Waals surface area (Å²) in [6.45, 7) is 11.3.